The van der Waals surface area contributed by atoms with Crippen molar-refractivity contribution in [2.45, 2.75) is 31.2 Å². The van der Waals surface area contributed by atoms with Gasteiger partial charge >= 0.3 is 0 Å². The molecule has 1 fully saturated rings. The second-order valence-corrected chi connectivity index (χ2v) is 10.1. The molecule has 3 aromatic rings. The van der Waals surface area contributed by atoms with Crippen LogP contribution in [-0.2, 0) is 11.2 Å². The van der Waals surface area contributed by atoms with Crippen molar-refractivity contribution in [1.82, 2.24) is 4.90 Å². The maximum absolute atomic E-state index is 13.8. The van der Waals surface area contributed by atoms with Crippen LogP contribution in [0.3, 0.4) is 0 Å². The maximum Gasteiger partial charge on any atom is 0.234 e. The van der Waals surface area contributed by atoms with E-state index in [-0.39, 0.29) is 17.6 Å². The number of para-hydroxylation sites is 2. The molecule has 0 atom stereocenters. The Kier molecular flexibility index (Phi) is 6.05. The van der Waals surface area contributed by atoms with Crippen LogP contribution in [0.5, 0.6) is 17.2 Å². The molecule has 0 bridgehead atoms. The zero-order chi connectivity index (χ0) is 23.7. The van der Waals surface area contributed by atoms with E-state index in [9.17, 15) is 9.90 Å². The number of rotatable bonds is 5. The molecule has 2 aliphatic rings. The number of hydrogen-bond donors (Lipinski definition) is 0. The number of likely N-dealkylation sites (tertiary alicyclic amines) is 1. The van der Waals surface area contributed by atoms with Gasteiger partial charge in [0, 0.05) is 43.5 Å². The minimum absolute atomic E-state index is 0.0596. The lowest BCUT2D eigenvalue weighted by Gasteiger charge is -2.43. The van der Waals surface area contributed by atoms with E-state index in [4.69, 9.17) is 4.74 Å². The van der Waals surface area contributed by atoms with E-state index >= 15 is 0 Å². The summed E-state index contributed by atoms with van der Waals surface area (Å²) >= 11 is 0. The van der Waals surface area contributed by atoms with E-state index in [0.717, 1.165) is 66.0 Å². The molecule has 176 valence electrons. The molecule has 2 heterocycles. The molecule has 5 rings (SSSR count). The minimum Gasteiger partial charge on any atom is -0.872 e. The number of carbonyl (C=O) groups excluding carboxylic acids is 1. The Labute approximate surface area is 201 Å². The second-order valence-electron chi connectivity index (χ2n) is 10.1. The Morgan fingerprint density at radius 3 is 2.06 bits per heavy atom. The predicted octanol–water partition coefficient (Wildman–Crippen LogP) is 4.31. The summed E-state index contributed by atoms with van der Waals surface area (Å²) in [7, 11) is 4.57. The third-order valence-corrected chi connectivity index (χ3v) is 7.59. The number of likely N-dealkylation sites (N-methyl/N-ethyl adjacent to an activating group) is 1. The van der Waals surface area contributed by atoms with E-state index in [0.29, 0.717) is 6.04 Å². The number of amides is 1. The van der Waals surface area contributed by atoms with E-state index in [2.05, 4.69) is 14.1 Å². The summed E-state index contributed by atoms with van der Waals surface area (Å²) in [6.07, 6.45) is 2.93. The molecule has 2 aliphatic heterocycles. The highest BCUT2D eigenvalue weighted by atomic mass is 16.5. The van der Waals surface area contributed by atoms with Crippen LogP contribution in [-0.4, -0.2) is 55.1 Å². The largest absolute Gasteiger partial charge is 0.872 e. The van der Waals surface area contributed by atoms with Gasteiger partial charge in [0.05, 0.1) is 32.6 Å². The summed E-state index contributed by atoms with van der Waals surface area (Å²) in [5.41, 5.74) is 3.11. The number of hydrogen-bond acceptors (Lipinski definition) is 3. The van der Waals surface area contributed by atoms with Crippen molar-refractivity contribution in [3.8, 4) is 17.2 Å². The fourth-order valence-corrected chi connectivity index (χ4v) is 5.40. The third kappa shape index (κ3) is 4.40. The lowest BCUT2D eigenvalue weighted by atomic mass is 9.86. The van der Waals surface area contributed by atoms with Crippen molar-refractivity contribution in [2.24, 2.45) is 0 Å². The first-order chi connectivity index (χ1) is 16.4. The molecule has 5 heteroatoms. The summed E-state index contributed by atoms with van der Waals surface area (Å²) in [5.74, 6) is 1.47. The molecule has 0 spiro atoms. The van der Waals surface area contributed by atoms with Crippen molar-refractivity contribution >= 4 is 5.91 Å². The Morgan fingerprint density at radius 2 is 1.47 bits per heavy atom. The molecule has 3 aromatic carbocycles. The van der Waals surface area contributed by atoms with Gasteiger partial charge in [-0.1, -0.05) is 60.7 Å². The number of ether oxygens (including phenoxy) is 1. The number of piperidine rings is 1. The van der Waals surface area contributed by atoms with E-state index in [1.165, 1.54) is 5.56 Å². The van der Waals surface area contributed by atoms with Crippen LogP contribution < -0.4 is 9.84 Å². The normalized spacial score (nSPS) is 16.5. The van der Waals surface area contributed by atoms with Gasteiger partial charge < -0.3 is 19.2 Å². The van der Waals surface area contributed by atoms with Crippen molar-refractivity contribution in [2.75, 3.05) is 33.7 Å². The van der Waals surface area contributed by atoms with Crippen molar-refractivity contribution < 1.29 is 19.1 Å². The van der Waals surface area contributed by atoms with Crippen LogP contribution in [0.1, 0.15) is 35.4 Å². The first-order valence-corrected chi connectivity index (χ1v) is 12.2. The molecule has 0 aromatic heterocycles. The van der Waals surface area contributed by atoms with Gasteiger partial charge in [-0.3, -0.25) is 4.79 Å². The zero-order valence-corrected chi connectivity index (χ0v) is 19.9. The fourth-order valence-electron chi connectivity index (χ4n) is 5.40. The fraction of sp³-hybridized carbons (Fsp3) is 0.345. The molecule has 1 amide bonds. The molecule has 34 heavy (non-hydrogen) atoms. The van der Waals surface area contributed by atoms with Crippen LogP contribution in [0, 0.1) is 0 Å². The summed E-state index contributed by atoms with van der Waals surface area (Å²) < 4.78 is 7.01. The Morgan fingerprint density at radius 1 is 0.912 bits per heavy atom. The van der Waals surface area contributed by atoms with Crippen LogP contribution in [0.2, 0.25) is 0 Å². The number of nitrogens with zero attached hydrogens (tertiary/aromatic N) is 2. The monoisotopic (exact) mass is 456 g/mol. The quantitative estimate of drug-likeness (QED) is 0.538. The van der Waals surface area contributed by atoms with E-state index in [1.807, 2.05) is 65.6 Å². The van der Waals surface area contributed by atoms with Crippen molar-refractivity contribution in [1.29, 1.82) is 0 Å². The van der Waals surface area contributed by atoms with Crippen molar-refractivity contribution in [3.63, 3.8) is 0 Å². The van der Waals surface area contributed by atoms with Gasteiger partial charge in [0.2, 0.25) is 5.91 Å². The Bertz CT molecular complexity index is 1120. The summed E-state index contributed by atoms with van der Waals surface area (Å²) in [5, 5.41) is 11.4. The number of fused-ring (bicyclic) bond motifs is 2. The van der Waals surface area contributed by atoms with Gasteiger partial charge in [0.25, 0.3) is 0 Å². The minimum atomic E-state index is -0.316. The third-order valence-electron chi connectivity index (χ3n) is 7.59. The average molecular weight is 457 g/mol. The van der Waals surface area contributed by atoms with Crippen LogP contribution in [0.15, 0.2) is 72.8 Å². The van der Waals surface area contributed by atoms with Gasteiger partial charge in [-0.05, 0) is 17.7 Å². The van der Waals surface area contributed by atoms with Crippen molar-refractivity contribution in [3.05, 3.63) is 89.5 Å². The van der Waals surface area contributed by atoms with Crippen LogP contribution in [0.4, 0.5) is 0 Å². The SMILES string of the molecule is C[N+](C)(CCc1ccc([O-])cc1)C1CCN(C(=O)C2c3ccccc3Oc3ccccc32)CC1. The molecule has 0 unspecified atom stereocenters. The number of carbonyl (C=O) groups is 1. The molecular formula is C29H32N2O3. The van der Waals surface area contributed by atoms with Crippen LogP contribution >= 0.6 is 0 Å². The first-order valence-electron chi connectivity index (χ1n) is 12.2. The smallest absolute Gasteiger partial charge is 0.234 e. The highest BCUT2D eigenvalue weighted by Gasteiger charge is 2.38. The zero-order valence-electron chi connectivity index (χ0n) is 19.9. The maximum atomic E-state index is 13.8. The summed E-state index contributed by atoms with van der Waals surface area (Å²) in [4.78, 5) is 15.9. The van der Waals surface area contributed by atoms with E-state index in [1.54, 1.807) is 12.1 Å². The van der Waals surface area contributed by atoms with E-state index < -0.39 is 0 Å². The Balaban J connectivity index is 1.26. The highest BCUT2D eigenvalue weighted by molar-refractivity contribution is 5.89. The molecule has 0 radical (unpaired) electrons. The average Bonchev–Trinajstić information content (AvgIpc) is 2.86. The van der Waals surface area contributed by atoms with Gasteiger partial charge in [-0.2, -0.15) is 0 Å². The number of benzene rings is 3. The molecular weight excluding hydrogens is 424 g/mol. The molecule has 1 saturated heterocycles. The first kappa shape index (κ1) is 22.5. The standard InChI is InChI=1S/C29H32N2O3/c1-31(2,20-17-21-11-13-23(32)14-12-21)22-15-18-30(19-16-22)29(33)28-24-7-3-5-9-26(24)34-27-10-6-4-8-25(27)28/h3-14,22,28H,15-20H2,1-2H3. The molecule has 0 aliphatic carbocycles. The Hall–Kier alpha value is -3.31. The lowest BCUT2D eigenvalue weighted by Crippen LogP contribution is -2.55. The second kappa shape index (κ2) is 9.15. The topological polar surface area (TPSA) is 52.6 Å². The lowest BCUT2D eigenvalue weighted by molar-refractivity contribution is -0.916. The van der Waals surface area contributed by atoms with Gasteiger partial charge in [-0.25, -0.2) is 0 Å². The predicted molar refractivity (Wildman–Crippen MR) is 131 cm³/mol. The molecule has 5 nitrogen and oxygen atoms in total. The van der Waals surface area contributed by atoms with Gasteiger partial charge in [-0.15, -0.1) is 5.75 Å². The summed E-state index contributed by atoms with van der Waals surface area (Å²) in [6, 6.07) is 23.5. The molecule has 0 N–H and O–H groups in total. The molecule has 0 saturated carbocycles. The highest BCUT2D eigenvalue weighted by Crippen LogP contribution is 2.45. The number of quaternary nitrogens is 1. The van der Waals surface area contributed by atoms with Crippen LogP contribution in [0.25, 0.3) is 0 Å². The van der Waals surface area contributed by atoms with Gasteiger partial charge in [0.1, 0.15) is 11.5 Å². The van der Waals surface area contributed by atoms with Gasteiger partial charge in [0.15, 0.2) is 0 Å². The summed E-state index contributed by atoms with van der Waals surface area (Å²) in [6.45, 7) is 2.56.